The fraction of sp³-hybridized carbons (Fsp3) is 0.261. The molecule has 0 fully saturated rings. The van der Waals surface area contributed by atoms with Gasteiger partial charge in [0.1, 0.15) is 12.7 Å². The van der Waals surface area contributed by atoms with E-state index in [9.17, 15) is 0 Å². The molecular formula is C23H22N4O3S. The summed E-state index contributed by atoms with van der Waals surface area (Å²) in [6, 6.07) is 17.6. The number of ether oxygens (including phenoxy) is 3. The molecule has 0 amide bonds. The summed E-state index contributed by atoms with van der Waals surface area (Å²) in [7, 11) is 0. The average molecular weight is 435 g/mol. The summed E-state index contributed by atoms with van der Waals surface area (Å²) in [5.41, 5.74) is 1.00. The van der Waals surface area contributed by atoms with Gasteiger partial charge in [-0.05, 0) is 24.3 Å². The van der Waals surface area contributed by atoms with Gasteiger partial charge in [-0.15, -0.1) is 16.8 Å². The molecule has 3 aromatic rings. The minimum absolute atomic E-state index is 0.00122. The van der Waals surface area contributed by atoms with E-state index < -0.39 is 0 Å². The number of hydrogen-bond acceptors (Lipinski definition) is 7. The van der Waals surface area contributed by atoms with Crippen LogP contribution >= 0.6 is 11.8 Å². The van der Waals surface area contributed by atoms with Crippen LogP contribution in [0.15, 0.2) is 77.4 Å². The molecule has 3 heterocycles. The van der Waals surface area contributed by atoms with Crippen molar-refractivity contribution < 1.29 is 14.2 Å². The van der Waals surface area contributed by atoms with Crippen molar-refractivity contribution in [3.05, 3.63) is 78.6 Å². The van der Waals surface area contributed by atoms with Crippen molar-refractivity contribution in [2.45, 2.75) is 23.9 Å². The zero-order valence-corrected chi connectivity index (χ0v) is 17.7. The largest absolute Gasteiger partial charge is 0.485 e. The Kier molecular flexibility index (Phi) is 5.62. The summed E-state index contributed by atoms with van der Waals surface area (Å²) >= 11 is 1.60. The molecule has 0 N–H and O–H groups in total. The minimum atomic E-state index is -0.326. The summed E-state index contributed by atoms with van der Waals surface area (Å²) in [5.74, 6) is 3.61. The van der Waals surface area contributed by atoms with Gasteiger partial charge in [0, 0.05) is 17.9 Å². The lowest BCUT2D eigenvalue weighted by Gasteiger charge is -2.26. The highest BCUT2D eigenvalue weighted by atomic mass is 32.2. The van der Waals surface area contributed by atoms with Gasteiger partial charge in [0.2, 0.25) is 5.90 Å². The Morgan fingerprint density at radius 2 is 1.84 bits per heavy atom. The molecule has 2 aliphatic heterocycles. The Balaban J connectivity index is 1.26. The van der Waals surface area contributed by atoms with Gasteiger partial charge in [0.15, 0.2) is 28.6 Å². The second-order valence-corrected chi connectivity index (χ2v) is 8.15. The van der Waals surface area contributed by atoms with Crippen molar-refractivity contribution in [3.63, 3.8) is 0 Å². The number of aromatic nitrogens is 3. The Labute approximate surface area is 184 Å². The van der Waals surface area contributed by atoms with E-state index in [-0.39, 0.29) is 12.2 Å². The fourth-order valence-electron chi connectivity index (χ4n) is 3.50. The zero-order chi connectivity index (χ0) is 21.0. The van der Waals surface area contributed by atoms with Crippen molar-refractivity contribution in [2.75, 3.05) is 18.9 Å². The van der Waals surface area contributed by atoms with Crippen molar-refractivity contribution >= 4 is 17.7 Å². The molecule has 158 valence electrons. The highest BCUT2D eigenvalue weighted by Gasteiger charge is 2.29. The molecule has 2 aliphatic rings. The first-order chi connectivity index (χ1) is 15.3. The molecule has 1 aromatic heterocycles. The molecule has 2 unspecified atom stereocenters. The molecular weight excluding hydrogens is 412 g/mol. The first kappa shape index (κ1) is 19.7. The van der Waals surface area contributed by atoms with E-state index in [0.29, 0.717) is 31.3 Å². The molecule has 5 rings (SSSR count). The van der Waals surface area contributed by atoms with Gasteiger partial charge in [-0.25, -0.2) is 4.99 Å². The van der Waals surface area contributed by atoms with Crippen LogP contribution in [-0.4, -0.2) is 45.7 Å². The zero-order valence-electron chi connectivity index (χ0n) is 16.9. The Morgan fingerprint density at radius 3 is 2.68 bits per heavy atom. The predicted molar refractivity (Wildman–Crippen MR) is 119 cm³/mol. The summed E-state index contributed by atoms with van der Waals surface area (Å²) in [6.07, 6.45) is 1.50. The maximum absolute atomic E-state index is 6.12. The summed E-state index contributed by atoms with van der Waals surface area (Å²) < 4.78 is 20.0. The van der Waals surface area contributed by atoms with E-state index in [4.69, 9.17) is 14.2 Å². The van der Waals surface area contributed by atoms with Crippen LogP contribution in [0.3, 0.4) is 0 Å². The number of rotatable bonds is 7. The lowest BCUT2D eigenvalue weighted by molar-refractivity contribution is 0.0821. The van der Waals surface area contributed by atoms with Crippen LogP contribution in [-0.2, 0) is 11.3 Å². The molecule has 0 saturated carbocycles. The smallest absolute Gasteiger partial charge is 0.216 e. The number of nitrogens with zero attached hydrogens (tertiary/aromatic N) is 4. The Bertz CT molecular complexity index is 1100. The van der Waals surface area contributed by atoms with Crippen molar-refractivity contribution in [1.82, 2.24) is 14.8 Å². The number of hydrogen-bond donors (Lipinski definition) is 0. The number of benzene rings is 2. The van der Waals surface area contributed by atoms with Crippen LogP contribution in [0.1, 0.15) is 17.5 Å². The van der Waals surface area contributed by atoms with E-state index >= 15 is 0 Å². The maximum Gasteiger partial charge on any atom is 0.216 e. The van der Waals surface area contributed by atoms with Gasteiger partial charge < -0.3 is 14.2 Å². The SMILES string of the molecule is C=CCn1c(SCC2CN=C(c3ccccc3)O2)nnc1C1COc2ccccc2O1. The quantitative estimate of drug-likeness (QED) is 0.415. The number of thioether (sulfide) groups is 1. The molecule has 0 radical (unpaired) electrons. The summed E-state index contributed by atoms with van der Waals surface area (Å²) in [5, 5.41) is 9.61. The fourth-order valence-corrected chi connectivity index (χ4v) is 4.43. The molecule has 0 spiro atoms. The first-order valence-electron chi connectivity index (χ1n) is 10.1. The van der Waals surface area contributed by atoms with Crippen molar-refractivity contribution in [1.29, 1.82) is 0 Å². The van der Waals surface area contributed by atoms with Crippen LogP contribution in [0, 0.1) is 0 Å². The number of aliphatic imine (C=N–C) groups is 1. The summed E-state index contributed by atoms with van der Waals surface area (Å²) in [4.78, 5) is 4.54. The van der Waals surface area contributed by atoms with Gasteiger partial charge in [0.05, 0.1) is 6.54 Å². The number of allylic oxidation sites excluding steroid dienone is 1. The van der Waals surface area contributed by atoms with Gasteiger partial charge in [-0.2, -0.15) is 0 Å². The molecule has 0 aliphatic carbocycles. The van der Waals surface area contributed by atoms with Crippen LogP contribution in [0.4, 0.5) is 0 Å². The second-order valence-electron chi connectivity index (χ2n) is 7.17. The lowest BCUT2D eigenvalue weighted by atomic mass is 10.2. The first-order valence-corrected chi connectivity index (χ1v) is 11.1. The maximum atomic E-state index is 6.12. The highest BCUT2D eigenvalue weighted by molar-refractivity contribution is 7.99. The topological polar surface area (TPSA) is 70.8 Å². The summed E-state index contributed by atoms with van der Waals surface area (Å²) in [6.45, 7) is 5.49. The number of para-hydroxylation sites is 2. The third-order valence-electron chi connectivity index (χ3n) is 4.99. The Morgan fingerprint density at radius 1 is 1.03 bits per heavy atom. The third-order valence-corrected chi connectivity index (χ3v) is 6.09. The van der Waals surface area contributed by atoms with E-state index in [1.165, 1.54) is 0 Å². The normalized spacial score (nSPS) is 19.5. The highest BCUT2D eigenvalue weighted by Crippen LogP contribution is 2.36. The van der Waals surface area contributed by atoms with Crippen LogP contribution in [0.2, 0.25) is 0 Å². The molecule has 2 atom stereocenters. The van der Waals surface area contributed by atoms with Crippen molar-refractivity contribution in [3.8, 4) is 11.5 Å². The number of fused-ring (bicyclic) bond motifs is 1. The second kappa shape index (κ2) is 8.85. The van der Waals surface area contributed by atoms with Crippen LogP contribution in [0.25, 0.3) is 0 Å². The molecule has 31 heavy (non-hydrogen) atoms. The van der Waals surface area contributed by atoms with Gasteiger partial charge in [-0.3, -0.25) is 4.57 Å². The lowest BCUT2D eigenvalue weighted by Crippen LogP contribution is -2.25. The van der Waals surface area contributed by atoms with Gasteiger partial charge in [-0.1, -0.05) is 48.2 Å². The molecule has 0 saturated heterocycles. The molecule has 2 aromatic carbocycles. The minimum Gasteiger partial charge on any atom is -0.485 e. The molecule has 0 bridgehead atoms. The average Bonchev–Trinajstić information content (AvgIpc) is 3.45. The van der Waals surface area contributed by atoms with Crippen LogP contribution < -0.4 is 9.47 Å². The van der Waals surface area contributed by atoms with E-state index in [1.807, 2.05) is 65.2 Å². The molecule has 7 nitrogen and oxygen atoms in total. The monoisotopic (exact) mass is 434 g/mol. The standard InChI is InChI=1S/C23H22N4O3S/c1-2-12-27-21(20-14-28-18-10-6-7-11-19(18)30-20)25-26-23(27)31-15-17-13-24-22(29-17)16-8-4-3-5-9-16/h2-11,17,20H,1,12-15H2. The van der Waals surface area contributed by atoms with E-state index in [2.05, 4.69) is 21.8 Å². The van der Waals surface area contributed by atoms with Crippen LogP contribution in [0.5, 0.6) is 11.5 Å². The van der Waals surface area contributed by atoms with Crippen molar-refractivity contribution in [2.24, 2.45) is 4.99 Å². The third kappa shape index (κ3) is 4.16. The Hall–Kier alpha value is -3.26. The predicted octanol–water partition coefficient (Wildman–Crippen LogP) is 3.91. The van der Waals surface area contributed by atoms with Gasteiger partial charge >= 0.3 is 0 Å². The van der Waals surface area contributed by atoms with E-state index in [0.717, 1.165) is 28.0 Å². The van der Waals surface area contributed by atoms with E-state index in [1.54, 1.807) is 11.8 Å². The van der Waals surface area contributed by atoms with Gasteiger partial charge in [0.25, 0.3) is 0 Å². The molecule has 8 heteroatoms.